The summed E-state index contributed by atoms with van der Waals surface area (Å²) in [7, 11) is 0.805. The molecule has 5 rings (SSSR count). The normalized spacial score (nSPS) is 12.1. The average Bonchev–Trinajstić information content (AvgIpc) is 3.36. The number of furan rings is 1. The standard InChI is InChI=1S/C26H21BO6/c1-14-24-20(28)10-18(16-7-8-21-22(11-16)31-13-30-21)12-23(25(24)15(2)32-14)33-26(29)17-5-4-6-19(9-17)27-3/h4-12,27H,13H2,1-3H3. The van der Waals surface area contributed by atoms with Crippen LogP contribution in [-0.2, 0) is 0 Å². The van der Waals surface area contributed by atoms with E-state index in [0.29, 0.717) is 44.9 Å². The zero-order valence-electron chi connectivity index (χ0n) is 18.6. The molecular weight excluding hydrogens is 419 g/mol. The van der Waals surface area contributed by atoms with Crippen LogP contribution in [0.2, 0.25) is 6.82 Å². The highest BCUT2D eigenvalue weighted by atomic mass is 16.7. The van der Waals surface area contributed by atoms with E-state index in [4.69, 9.17) is 18.6 Å². The van der Waals surface area contributed by atoms with E-state index >= 15 is 0 Å². The fourth-order valence-electron chi connectivity index (χ4n) is 4.15. The molecule has 3 aromatic carbocycles. The van der Waals surface area contributed by atoms with Crippen molar-refractivity contribution < 1.29 is 23.4 Å². The van der Waals surface area contributed by atoms with Crippen molar-refractivity contribution in [1.29, 1.82) is 0 Å². The molecule has 0 saturated carbocycles. The molecule has 0 fully saturated rings. The van der Waals surface area contributed by atoms with E-state index in [9.17, 15) is 9.59 Å². The summed E-state index contributed by atoms with van der Waals surface area (Å²) in [5, 5.41) is 0.883. The second kappa shape index (κ2) is 8.17. The molecule has 0 spiro atoms. The summed E-state index contributed by atoms with van der Waals surface area (Å²) >= 11 is 0. The lowest BCUT2D eigenvalue weighted by Crippen LogP contribution is -2.15. The van der Waals surface area contributed by atoms with Crippen LogP contribution in [0.25, 0.3) is 21.9 Å². The Kier molecular flexibility index (Phi) is 5.17. The van der Waals surface area contributed by atoms with Gasteiger partial charge in [-0.2, -0.15) is 0 Å². The molecule has 0 bridgehead atoms. The maximum absolute atomic E-state index is 13.2. The molecule has 0 aliphatic carbocycles. The summed E-state index contributed by atoms with van der Waals surface area (Å²) in [6.45, 7) is 5.66. The average molecular weight is 440 g/mol. The van der Waals surface area contributed by atoms with Crippen LogP contribution in [0.3, 0.4) is 0 Å². The van der Waals surface area contributed by atoms with Gasteiger partial charge in [-0.05, 0) is 55.3 Å². The van der Waals surface area contributed by atoms with Crippen molar-refractivity contribution in [3.05, 3.63) is 81.9 Å². The van der Waals surface area contributed by atoms with Gasteiger partial charge in [-0.15, -0.1) is 0 Å². The van der Waals surface area contributed by atoms with Crippen molar-refractivity contribution >= 4 is 29.5 Å². The fourth-order valence-corrected chi connectivity index (χ4v) is 4.15. The van der Waals surface area contributed by atoms with Gasteiger partial charge in [-0.25, -0.2) is 4.79 Å². The zero-order valence-corrected chi connectivity index (χ0v) is 18.6. The number of rotatable bonds is 4. The van der Waals surface area contributed by atoms with Crippen LogP contribution in [0.15, 0.2) is 63.8 Å². The van der Waals surface area contributed by atoms with Gasteiger partial charge in [0.05, 0.1) is 16.3 Å². The molecule has 0 amide bonds. The number of benzene rings is 2. The minimum Gasteiger partial charge on any atom is -0.465 e. The van der Waals surface area contributed by atoms with Gasteiger partial charge >= 0.3 is 5.97 Å². The summed E-state index contributed by atoms with van der Waals surface area (Å²) in [4.78, 5) is 26.2. The maximum atomic E-state index is 13.2. The highest BCUT2D eigenvalue weighted by Gasteiger charge is 2.20. The highest BCUT2D eigenvalue weighted by molar-refractivity contribution is 6.52. The molecular formula is C26H21BO6. The van der Waals surface area contributed by atoms with Crippen molar-refractivity contribution in [2.45, 2.75) is 20.7 Å². The van der Waals surface area contributed by atoms with Crippen molar-refractivity contribution in [3.8, 4) is 28.4 Å². The minimum absolute atomic E-state index is 0.155. The predicted molar refractivity (Wildman–Crippen MR) is 128 cm³/mol. The second-order valence-corrected chi connectivity index (χ2v) is 7.95. The quantitative estimate of drug-likeness (QED) is 0.351. The first-order valence-electron chi connectivity index (χ1n) is 10.7. The molecule has 0 radical (unpaired) electrons. The van der Waals surface area contributed by atoms with E-state index in [1.807, 2.05) is 37.2 Å². The van der Waals surface area contributed by atoms with Crippen LogP contribution in [0.4, 0.5) is 0 Å². The summed E-state index contributed by atoms with van der Waals surface area (Å²) in [6, 6.07) is 16.0. The van der Waals surface area contributed by atoms with Crippen LogP contribution >= 0.6 is 0 Å². The van der Waals surface area contributed by atoms with E-state index in [2.05, 4.69) is 0 Å². The Morgan fingerprint density at radius 2 is 1.70 bits per heavy atom. The van der Waals surface area contributed by atoms with Crippen molar-refractivity contribution in [2.24, 2.45) is 0 Å². The van der Waals surface area contributed by atoms with Gasteiger partial charge in [0.2, 0.25) is 6.79 Å². The molecule has 4 aromatic rings. The minimum atomic E-state index is -0.500. The highest BCUT2D eigenvalue weighted by Crippen LogP contribution is 2.38. The van der Waals surface area contributed by atoms with Gasteiger partial charge in [-0.3, -0.25) is 4.79 Å². The van der Waals surface area contributed by atoms with Crippen molar-refractivity contribution in [3.63, 3.8) is 0 Å². The molecule has 2 heterocycles. The smallest absolute Gasteiger partial charge is 0.343 e. The molecule has 1 aromatic heterocycles. The Morgan fingerprint density at radius 1 is 0.909 bits per heavy atom. The molecule has 33 heavy (non-hydrogen) atoms. The lowest BCUT2D eigenvalue weighted by Gasteiger charge is -2.07. The monoisotopic (exact) mass is 440 g/mol. The molecule has 0 saturated heterocycles. The molecule has 1 aliphatic rings. The number of hydrogen-bond donors (Lipinski definition) is 0. The largest absolute Gasteiger partial charge is 0.465 e. The summed E-state index contributed by atoms with van der Waals surface area (Å²) < 4.78 is 22.5. The Morgan fingerprint density at radius 3 is 2.52 bits per heavy atom. The Labute approximate surface area is 191 Å². The van der Waals surface area contributed by atoms with Gasteiger partial charge in [0.15, 0.2) is 24.2 Å². The van der Waals surface area contributed by atoms with Crippen molar-refractivity contribution in [2.75, 3.05) is 6.79 Å². The first kappa shape index (κ1) is 20.9. The molecule has 164 valence electrons. The fraction of sp³-hybridized carbons (Fsp3) is 0.154. The lowest BCUT2D eigenvalue weighted by atomic mass is 9.73. The van der Waals surface area contributed by atoms with E-state index in [1.165, 1.54) is 6.07 Å². The molecule has 7 heteroatoms. The van der Waals surface area contributed by atoms with Gasteiger partial charge in [0, 0.05) is 0 Å². The third-order valence-corrected chi connectivity index (χ3v) is 5.81. The molecule has 6 nitrogen and oxygen atoms in total. The molecule has 0 atom stereocenters. The summed E-state index contributed by atoms with van der Waals surface area (Å²) in [5.74, 6) is 2.00. The number of carbonyl (C=O) groups is 1. The SMILES string of the molecule is CBc1cccc(C(=O)Oc2cc(-c3ccc4c(c3)OCO4)cc(=O)c3c(C)oc(C)c23)c1. The maximum Gasteiger partial charge on any atom is 0.343 e. The third-order valence-electron chi connectivity index (χ3n) is 5.81. The van der Waals surface area contributed by atoms with E-state index in [-0.39, 0.29) is 18.0 Å². The lowest BCUT2D eigenvalue weighted by molar-refractivity contribution is 0.0737. The van der Waals surface area contributed by atoms with E-state index < -0.39 is 5.97 Å². The van der Waals surface area contributed by atoms with Crippen LogP contribution in [0.5, 0.6) is 17.2 Å². The van der Waals surface area contributed by atoms with E-state index in [1.54, 1.807) is 32.0 Å². The van der Waals surface area contributed by atoms with Gasteiger partial charge < -0.3 is 18.6 Å². The first-order valence-corrected chi connectivity index (χ1v) is 10.7. The number of carbonyl (C=O) groups excluding carboxylic acids is 1. The number of ether oxygens (including phenoxy) is 3. The molecule has 0 unspecified atom stereocenters. The van der Waals surface area contributed by atoms with Gasteiger partial charge in [0.25, 0.3) is 0 Å². The first-order chi connectivity index (χ1) is 15.9. The Bertz CT molecular complexity index is 1470. The molecule has 1 aliphatic heterocycles. The molecule has 0 N–H and O–H groups in total. The van der Waals surface area contributed by atoms with Crippen molar-refractivity contribution in [1.82, 2.24) is 0 Å². The topological polar surface area (TPSA) is 75.0 Å². The number of aryl methyl sites for hydroxylation is 2. The van der Waals surface area contributed by atoms with Crippen LogP contribution in [0.1, 0.15) is 21.9 Å². The van der Waals surface area contributed by atoms with E-state index in [0.717, 1.165) is 18.3 Å². The third kappa shape index (κ3) is 3.76. The number of fused-ring (bicyclic) bond motifs is 2. The summed E-state index contributed by atoms with van der Waals surface area (Å²) in [5.41, 5.74) is 2.59. The van der Waals surface area contributed by atoms with Crippen LogP contribution < -0.4 is 25.1 Å². The Balaban J connectivity index is 1.68. The Hall–Kier alpha value is -4.00. The predicted octanol–water partition coefficient (Wildman–Crippen LogP) is 4.13. The van der Waals surface area contributed by atoms with Gasteiger partial charge in [0.1, 0.15) is 17.3 Å². The second-order valence-electron chi connectivity index (χ2n) is 7.95. The van der Waals surface area contributed by atoms with Gasteiger partial charge in [-0.1, -0.05) is 36.6 Å². The number of hydrogen-bond acceptors (Lipinski definition) is 6. The zero-order chi connectivity index (χ0) is 23.1. The van der Waals surface area contributed by atoms with Crippen LogP contribution in [-0.4, -0.2) is 20.0 Å². The van der Waals surface area contributed by atoms with Crippen LogP contribution in [0, 0.1) is 13.8 Å². The number of esters is 1. The summed E-state index contributed by atoms with van der Waals surface area (Å²) in [6.07, 6.45) is 0.